The van der Waals surface area contributed by atoms with Crippen LogP contribution in [0, 0.1) is 9.39 Å². The summed E-state index contributed by atoms with van der Waals surface area (Å²) in [4.78, 5) is 30.0. The van der Waals surface area contributed by atoms with Crippen molar-refractivity contribution in [2.24, 2.45) is 0 Å². The summed E-state index contributed by atoms with van der Waals surface area (Å²) in [7, 11) is 0. The molecule has 0 aliphatic carbocycles. The molecule has 0 saturated carbocycles. The number of hydrogen-bond acceptors (Lipinski definition) is 4. The second-order valence-corrected chi connectivity index (χ2v) is 8.54. The van der Waals surface area contributed by atoms with Crippen LogP contribution in [0.2, 0.25) is 0 Å². The molecule has 30 heavy (non-hydrogen) atoms. The van der Waals surface area contributed by atoms with Crippen LogP contribution in [0.25, 0.3) is 16.6 Å². The van der Waals surface area contributed by atoms with Crippen molar-refractivity contribution in [1.29, 1.82) is 0 Å². The van der Waals surface area contributed by atoms with Crippen LogP contribution < -0.4 is 10.9 Å². The molecule has 1 amide bonds. The monoisotopic (exact) mass is 531 g/mol. The number of rotatable bonds is 5. The van der Waals surface area contributed by atoms with Gasteiger partial charge < -0.3 is 5.32 Å². The molecule has 8 heteroatoms. The van der Waals surface area contributed by atoms with E-state index in [0.29, 0.717) is 16.6 Å². The summed E-state index contributed by atoms with van der Waals surface area (Å²) in [6.45, 7) is 0. The van der Waals surface area contributed by atoms with Crippen LogP contribution in [-0.4, -0.2) is 21.2 Å². The summed E-state index contributed by atoms with van der Waals surface area (Å²) in [6, 6.07) is 20.3. The first-order chi connectivity index (χ1) is 14.5. The Morgan fingerprint density at radius 1 is 1.03 bits per heavy atom. The molecule has 0 aliphatic heterocycles. The number of nitrogens with one attached hydrogen (secondary N) is 1. The van der Waals surface area contributed by atoms with Crippen LogP contribution in [-0.2, 0) is 4.79 Å². The lowest BCUT2D eigenvalue weighted by Crippen LogP contribution is -2.23. The van der Waals surface area contributed by atoms with E-state index in [0.717, 1.165) is 15.3 Å². The molecule has 3 aromatic carbocycles. The van der Waals surface area contributed by atoms with E-state index < -0.39 is 5.82 Å². The lowest BCUT2D eigenvalue weighted by atomic mass is 10.2. The third-order valence-corrected chi connectivity index (χ3v) is 5.96. The summed E-state index contributed by atoms with van der Waals surface area (Å²) in [5, 5.41) is 3.44. The van der Waals surface area contributed by atoms with E-state index in [1.165, 1.54) is 16.7 Å². The molecular weight excluding hydrogens is 516 g/mol. The van der Waals surface area contributed by atoms with Gasteiger partial charge in [0, 0.05) is 9.26 Å². The van der Waals surface area contributed by atoms with Crippen LogP contribution in [0.5, 0.6) is 0 Å². The third kappa shape index (κ3) is 4.39. The van der Waals surface area contributed by atoms with Crippen LogP contribution in [0.3, 0.4) is 0 Å². The Morgan fingerprint density at radius 3 is 2.50 bits per heavy atom. The zero-order valence-corrected chi connectivity index (χ0v) is 18.5. The molecule has 150 valence electrons. The Balaban J connectivity index is 1.68. The number of fused-ring (bicyclic) bond motifs is 1. The number of benzene rings is 3. The van der Waals surface area contributed by atoms with Crippen LogP contribution in [0.1, 0.15) is 0 Å². The molecule has 0 atom stereocenters. The Morgan fingerprint density at radius 2 is 1.73 bits per heavy atom. The smallest absolute Gasteiger partial charge is 0.266 e. The maximum atomic E-state index is 14.5. The molecule has 5 nitrogen and oxygen atoms in total. The van der Waals surface area contributed by atoms with E-state index >= 15 is 0 Å². The minimum atomic E-state index is -0.540. The molecule has 1 aromatic heterocycles. The number of hydrogen-bond donors (Lipinski definition) is 1. The molecule has 0 aliphatic rings. The molecule has 4 rings (SSSR count). The van der Waals surface area contributed by atoms with Gasteiger partial charge in [0.15, 0.2) is 5.16 Å². The number of carbonyl (C=O) groups excluding carboxylic acids is 1. The number of amides is 1. The Hall–Kier alpha value is -2.72. The Labute approximate surface area is 189 Å². The van der Waals surface area contributed by atoms with Gasteiger partial charge in [0.1, 0.15) is 5.82 Å². The first-order valence-electron chi connectivity index (χ1n) is 8.98. The zero-order valence-electron chi connectivity index (χ0n) is 15.5. The second-order valence-electron chi connectivity index (χ2n) is 6.35. The van der Waals surface area contributed by atoms with E-state index in [-0.39, 0.29) is 28.1 Å². The Kier molecular flexibility index (Phi) is 6.14. The predicted octanol–water partition coefficient (Wildman–Crippen LogP) is 4.86. The first-order valence-corrected chi connectivity index (χ1v) is 11.0. The van der Waals surface area contributed by atoms with Crippen molar-refractivity contribution in [3.8, 4) is 5.69 Å². The van der Waals surface area contributed by atoms with E-state index in [1.54, 1.807) is 36.4 Å². The lowest BCUT2D eigenvalue weighted by Gasteiger charge is -2.14. The highest BCUT2D eigenvalue weighted by atomic mass is 127. The molecule has 0 spiro atoms. The first kappa shape index (κ1) is 20.5. The van der Waals surface area contributed by atoms with Crippen LogP contribution >= 0.6 is 34.4 Å². The Bertz CT molecular complexity index is 1290. The standard InChI is InChI=1S/C22H15FIN3O2S/c23-17-6-2-4-8-19(17)27-21(29)16-5-1-3-7-18(16)26-22(27)30-13-20(28)25-15-11-9-14(24)10-12-15/h1-12H,13H2,(H,25,28). The van der Waals surface area contributed by atoms with Crippen LogP contribution in [0.15, 0.2) is 82.7 Å². The summed E-state index contributed by atoms with van der Waals surface area (Å²) in [5.74, 6) is -0.767. The number of carbonyl (C=O) groups is 1. The predicted molar refractivity (Wildman–Crippen MR) is 126 cm³/mol. The largest absolute Gasteiger partial charge is 0.325 e. The van der Waals surface area contributed by atoms with Gasteiger partial charge in [-0.05, 0) is 71.1 Å². The van der Waals surface area contributed by atoms with E-state index in [9.17, 15) is 14.0 Å². The average Bonchev–Trinajstić information content (AvgIpc) is 2.75. The number of anilines is 1. The normalized spacial score (nSPS) is 10.9. The van der Waals surface area contributed by atoms with Crippen molar-refractivity contribution in [2.45, 2.75) is 5.16 Å². The average molecular weight is 531 g/mol. The lowest BCUT2D eigenvalue weighted by molar-refractivity contribution is -0.113. The second kappa shape index (κ2) is 8.97. The summed E-state index contributed by atoms with van der Waals surface area (Å²) in [6.07, 6.45) is 0. The molecule has 0 bridgehead atoms. The summed E-state index contributed by atoms with van der Waals surface area (Å²) < 4.78 is 16.8. The zero-order chi connectivity index (χ0) is 21.1. The quantitative estimate of drug-likeness (QED) is 0.227. The molecule has 0 fully saturated rings. The number of aromatic nitrogens is 2. The van der Waals surface area contributed by atoms with Gasteiger partial charge >= 0.3 is 0 Å². The van der Waals surface area contributed by atoms with Crippen LogP contribution in [0.4, 0.5) is 10.1 Å². The molecule has 1 heterocycles. The molecule has 0 unspecified atom stereocenters. The van der Waals surface area contributed by atoms with Gasteiger partial charge in [-0.15, -0.1) is 0 Å². The van der Waals surface area contributed by atoms with Gasteiger partial charge in [-0.25, -0.2) is 9.37 Å². The van der Waals surface area contributed by atoms with Gasteiger partial charge in [-0.2, -0.15) is 0 Å². The van der Waals surface area contributed by atoms with Crippen molar-refractivity contribution < 1.29 is 9.18 Å². The summed E-state index contributed by atoms with van der Waals surface area (Å²) in [5.41, 5.74) is 0.891. The molecular formula is C22H15FIN3O2S. The number of halogens is 2. The highest BCUT2D eigenvalue weighted by molar-refractivity contribution is 14.1. The third-order valence-electron chi connectivity index (χ3n) is 4.30. The van der Waals surface area contributed by atoms with Crippen molar-refractivity contribution in [1.82, 2.24) is 9.55 Å². The molecule has 4 aromatic rings. The van der Waals surface area contributed by atoms with Gasteiger partial charge in [0.25, 0.3) is 5.56 Å². The van der Waals surface area contributed by atoms with Crippen molar-refractivity contribution >= 4 is 56.9 Å². The minimum absolute atomic E-state index is 0.0191. The number of nitrogens with zero attached hydrogens (tertiary/aromatic N) is 2. The molecule has 1 N–H and O–H groups in total. The van der Waals surface area contributed by atoms with Gasteiger partial charge in [-0.3, -0.25) is 14.2 Å². The van der Waals surface area contributed by atoms with E-state index in [1.807, 2.05) is 24.3 Å². The minimum Gasteiger partial charge on any atom is -0.325 e. The topological polar surface area (TPSA) is 64.0 Å². The number of thioether (sulfide) groups is 1. The van der Waals surface area contributed by atoms with Gasteiger partial charge in [0.2, 0.25) is 5.91 Å². The van der Waals surface area contributed by atoms with Crippen molar-refractivity contribution in [2.75, 3.05) is 11.1 Å². The highest BCUT2D eigenvalue weighted by Gasteiger charge is 2.17. The maximum absolute atomic E-state index is 14.5. The molecule has 0 radical (unpaired) electrons. The van der Waals surface area contributed by atoms with E-state index in [4.69, 9.17) is 0 Å². The van der Waals surface area contributed by atoms with Gasteiger partial charge in [0.05, 0.1) is 22.3 Å². The van der Waals surface area contributed by atoms with Gasteiger partial charge in [-0.1, -0.05) is 36.0 Å². The molecule has 0 saturated heterocycles. The van der Waals surface area contributed by atoms with Crippen molar-refractivity contribution in [3.05, 3.63) is 92.5 Å². The van der Waals surface area contributed by atoms with Crippen molar-refractivity contribution in [3.63, 3.8) is 0 Å². The summed E-state index contributed by atoms with van der Waals surface area (Å²) >= 11 is 3.27. The maximum Gasteiger partial charge on any atom is 0.266 e. The number of para-hydroxylation sites is 2. The SMILES string of the molecule is O=C(CSc1nc2ccccc2c(=O)n1-c1ccccc1F)Nc1ccc(I)cc1. The highest BCUT2D eigenvalue weighted by Crippen LogP contribution is 2.23. The fourth-order valence-electron chi connectivity index (χ4n) is 2.92. The fraction of sp³-hybridized carbons (Fsp3) is 0.0455. The van der Waals surface area contributed by atoms with E-state index in [2.05, 4.69) is 32.9 Å². The fourth-order valence-corrected chi connectivity index (χ4v) is 4.08.